The first kappa shape index (κ1) is 20.0. The first-order valence-electron chi connectivity index (χ1n) is 9.98. The Bertz CT molecular complexity index is 687. The molecule has 0 N–H and O–H groups in total. The Labute approximate surface area is 158 Å². The monoisotopic (exact) mass is 349 g/mol. The van der Waals surface area contributed by atoms with Crippen molar-refractivity contribution in [1.29, 1.82) is 5.26 Å². The molecule has 2 heteroatoms. The highest BCUT2D eigenvalue weighted by Crippen LogP contribution is 2.32. The topological polar surface area (TPSA) is 33.0 Å². The molecule has 2 nitrogen and oxygen atoms in total. The normalized spacial score (nSPS) is 11.7. The third kappa shape index (κ3) is 6.23. The van der Waals surface area contributed by atoms with E-state index in [1.807, 2.05) is 37.3 Å². The van der Waals surface area contributed by atoms with Crippen LogP contribution in [0.3, 0.4) is 0 Å². The number of unbranched alkanes of at least 4 members (excludes halogenated alkanes) is 6. The highest BCUT2D eigenvalue weighted by Gasteiger charge is 2.13. The number of ether oxygens (including phenoxy) is 1. The summed E-state index contributed by atoms with van der Waals surface area (Å²) in [6.07, 6.45) is 8.96. The first-order chi connectivity index (χ1) is 12.8. The highest BCUT2D eigenvalue weighted by atomic mass is 16.5. The van der Waals surface area contributed by atoms with Crippen LogP contribution in [0.2, 0.25) is 0 Å². The number of hydrogen-bond donors (Lipinski definition) is 0. The average Bonchev–Trinajstić information content (AvgIpc) is 2.70. The molecule has 0 heterocycles. The molecular formula is C24H31NO. The van der Waals surface area contributed by atoms with Crippen molar-refractivity contribution < 1.29 is 4.74 Å². The second-order valence-corrected chi connectivity index (χ2v) is 6.94. The standard InChI is InChI=1S/C24H31NO/c1-3-4-5-6-7-8-12-17-26-22-15-16-23(21-13-10-9-11-14-21)24(18-22)20(2)19-25/h9-11,13-16,18,20H,3-8,12,17H2,1-2H3/t20-/m1/s1. The van der Waals surface area contributed by atoms with Crippen molar-refractivity contribution in [3.63, 3.8) is 0 Å². The van der Waals surface area contributed by atoms with Crippen LogP contribution in [0.15, 0.2) is 48.5 Å². The maximum absolute atomic E-state index is 9.39. The minimum absolute atomic E-state index is 0.160. The molecule has 2 rings (SSSR count). The summed E-state index contributed by atoms with van der Waals surface area (Å²) >= 11 is 0. The lowest BCUT2D eigenvalue weighted by Gasteiger charge is -2.14. The van der Waals surface area contributed by atoms with Gasteiger partial charge in [-0.05, 0) is 42.2 Å². The molecule has 2 aromatic carbocycles. The summed E-state index contributed by atoms with van der Waals surface area (Å²) in [5, 5.41) is 9.39. The van der Waals surface area contributed by atoms with Crippen LogP contribution in [-0.4, -0.2) is 6.61 Å². The van der Waals surface area contributed by atoms with Gasteiger partial charge >= 0.3 is 0 Å². The van der Waals surface area contributed by atoms with Crippen molar-refractivity contribution in [3.05, 3.63) is 54.1 Å². The van der Waals surface area contributed by atoms with Crippen LogP contribution in [-0.2, 0) is 0 Å². The molecule has 0 saturated carbocycles. The number of hydrogen-bond acceptors (Lipinski definition) is 2. The van der Waals surface area contributed by atoms with Crippen LogP contribution in [0.25, 0.3) is 11.1 Å². The molecule has 0 saturated heterocycles. The van der Waals surface area contributed by atoms with E-state index >= 15 is 0 Å². The van der Waals surface area contributed by atoms with Crippen LogP contribution in [0.4, 0.5) is 0 Å². The Kier molecular flexibility index (Phi) is 8.76. The molecule has 0 radical (unpaired) electrons. The Balaban J connectivity index is 1.93. The van der Waals surface area contributed by atoms with Gasteiger partial charge in [0.05, 0.1) is 18.6 Å². The van der Waals surface area contributed by atoms with E-state index in [0.717, 1.165) is 35.5 Å². The molecule has 1 atom stereocenters. The van der Waals surface area contributed by atoms with Crippen LogP contribution in [0.1, 0.15) is 70.3 Å². The maximum Gasteiger partial charge on any atom is 0.119 e. The molecule has 0 aliphatic heterocycles. The quantitative estimate of drug-likeness (QED) is 0.405. The third-order valence-electron chi connectivity index (χ3n) is 4.78. The van der Waals surface area contributed by atoms with E-state index in [9.17, 15) is 5.26 Å². The number of rotatable bonds is 11. The van der Waals surface area contributed by atoms with Gasteiger partial charge in [-0.15, -0.1) is 0 Å². The molecule has 0 fully saturated rings. The van der Waals surface area contributed by atoms with E-state index in [1.165, 1.54) is 38.5 Å². The predicted octanol–water partition coefficient (Wildman–Crippen LogP) is 7.11. The Morgan fingerprint density at radius 2 is 1.62 bits per heavy atom. The fourth-order valence-corrected chi connectivity index (χ4v) is 3.19. The molecule has 0 aromatic heterocycles. The lowest BCUT2D eigenvalue weighted by molar-refractivity contribution is 0.304. The molecule has 138 valence electrons. The molecule has 2 aromatic rings. The van der Waals surface area contributed by atoms with Gasteiger partial charge in [0.15, 0.2) is 0 Å². The van der Waals surface area contributed by atoms with Crippen molar-refractivity contribution >= 4 is 0 Å². The Hall–Kier alpha value is -2.27. The van der Waals surface area contributed by atoms with Gasteiger partial charge in [0, 0.05) is 0 Å². The minimum atomic E-state index is -0.160. The van der Waals surface area contributed by atoms with E-state index in [4.69, 9.17) is 4.74 Å². The van der Waals surface area contributed by atoms with Gasteiger partial charge in [-0.2, -0.15) is 5.26 Å². The second-order valence-electron chi connectivity index (χ2n) is 6.94. The average molecular weight is 350 g/mol. The van der Waals surface area contributed by atoms with Crippen LogP contribution >= 0.6 is 0 Å². The summed E-state index contributed by atoms with van der Waals surface area (Å²) in [5.74, 6) is 0.708. The molecule has 0 spiro atoms. The van der Waals surface area contributed by atoms with Gasteiger partial charge in [0.1, 0.15) is 5.75 Å². The molecule has 0 amide bonds. The Morgan fingerprint density at radius 3 is 2.31 bits per heavy atom. The summed E-state index contributed by atoms with van der Waals surface area (Å²) < 4.78 is 5.95. The summed E-state index contributed by atoms with van der Waals surface area (Å²) in [7, 11) is 0. The molecular weight excluding hydrogens is 318 g/mol. The van der Waals surface area contributed by atoms with E-state index < -0.39 is 0 Å². The summed E-state index contributed by atoms with van der Waals surface area (Å²) in [4.78, 5) is 0. The lowest BCUT2D eigenvalue weighted by atomic mass is 9.92. The van der Waals surface area contributed by atoms with E-state index in [0.29, 0.717) is 0 Å². The molecule has 0 bridgehead atoms. The minimum Gasteiger partial charge on any atom is -0.494 e. The number of nitriles is 1. The van der Waals surface area contributed by atoms with Crippen molar-refractivity contribution in [2.45, 2.75) is 64.7 Å². The van der Waals surface area contributed by atoms with E-state index in [-0.39, 0.29) is 5.92 Å². The van der Waals surface area contributed by atoms with Crippen molar-refractivity contribution in [2.75, 3.05) is 6.61 Å². The lowest BCUT2D eigenvalue weighted by Crippen LogP contribution is -2.00. The second kappa shape index (κ2) is 11.4. The van der Waals surface area contributed by atoms with Gasteiger partial charge in [0.2, 0.25) is 0 Å². The van der Waals surface area contributed by atoms with Gasteiger partial charge in [0.25, 0.3) is 0 Å². The largest absolute Gasteiger partial charge is 0.494 e. The van der Waals surface area contributed by atoms with Gasteiger partial charge in [-0.1, -0.05) is 81.8 Å². The number of nitrogens with zero attached hydrogens (tertiary/aromatic N) is 1. The van der Waals surface area contributed by atoms with Crippen LogP contribution < -0.4 is 4.74 Å². The predicted molar refractivity (Wildman–Crippen MR) is 109 cm³/mol. The summed E-state index contributed by atoms with van der Waals surface area (Å²) in [5.41, 5.74) is 3.29. The number of benzene rings is 2. The third-order valence-corrected chi connectivity index (χ3v) is 4.78. The van der Waals surface area contributed by atoms with Crippen molar-refractivity contribution in [3.8, 4) is 22.9 Å². The van der Waals surface area contributed by atoms with Gasteiger partial charge in [-0.3, -0.25) is 0 Å². The molecule has 26 heavy (non-hydrogen) atoms. The van der Waals surface area contributed by atoms with E-state index in [2.05, 4.69) is 31.2 Å². The van der Waals surface area contributed by atoms with Crippen molar-refractivity contribution in [2.24, 2.45) is 0 Å². The Morgan fingerprint density at radius 1 is 0.923 bits per heavy atom. The van der Waals surface area contributed by atoms with Crippen molar-refractivity contribution in [1.82, 2.24) is 0 Å². The SMILES string of the molecule is CCCCCCCCCOc1ccc(-c2ccccc2)c([C@H](C)C#N)c1. The van der Waals surface area contributed by atoms with Gasteiger partial charge < -0.3 is 4.74 Å². The fraction of sp³-hybridized carbons (Fsp3) is 0.458. The van der Waals surface area contributed by atoms with Crippen LogP contribution in [0, 0.1) is 11.3 Å². The maximum atomic E-state index is 9.39. The zero-order valence-electron chi connectivity index (χ0n) is 16.2. The summed E-state index contributed by atoms with van der Waals surface area (Å²) in [6, 6.07) is 18.7. The summed E-state index contributed by atoms with van der Waals surface area (Å²) in [6.45, 7) is 4.94. The smallest absolute Gasteiger partial charge is 0.119 e. The molecule has 0 unspecified atom stereocenters. The fourth-order valence-electron chi connectivity index (χ4n) is 3.19. The van der Waals surface area contributed by atoms with E-state index in [1.54, 1.807) is 0 Å². The first-order valence-corrected chi connectivity index (χ1v) is 9.98. The van der Waals surface area contributed by atoms with Gasteiger partial charge in [-0.25, -0.2) is 0 Å². The zero-order valence-corrected chi connectivity index (χ0v) is 16.2. The molecule has 0 aliphatic rings. The molecule has 0 aliphatic carbocycles. The van der Waals surface area contributed by atoms with Crippen LogP contribution in [0.5, 0.6) is 5.75 Å². The highest BCUT2D eigenvalue weighted by molar-refractivity contribution is 5.69. The zero-order chi connectivity index (χ0) is 18.6.